The van der Waals surface area contributed by atoms with Gasteiger partial charge in [0.1, 0.15) is 5.54 Å². The second-order valence-electron chi connectivity index (χ2n) is 12.9. The number of carbonyl (C=O) groups excluding carboxylic acids is 2. The van der Waals surface area contributed by atoms with Crippen LogP contribution in [0.3, 0.4) is 0 Å². The number of para-hydroxylation sites is 1. The zero-order chi connectivity index (χ0) is 33.3. The van der Waals surface area contributed by atoms with Gasteiger partial charge >= 0.3 is 0 Å². The molecule has 3 aliphatic rings. The molecule has 2 saturated heterocycles. The lowest BCUT2D eigenvalue weighted by molar-refractivity contribution is -0.137. The predicted octanol–water partition coefficient (Wildman–Crippen LogP) is 3.76. The molecule has 4 heterocycles. The number of rotatable bonds is 10. The number of hydrogen-bond acceptors (Lipinski definition) is 8. The Morgan fingerprint density at radius 1 is 0.979 bits per heavy atom. The molecule has 2 fully saturated rings. The third-order valence-corrected chi connectivity index (χ3v) is 10.2. The van der Waals surface area contributed by atoms with Gasteiger partial charge in [-0.1, -0.05) is 72.8 Å². The Morgan fingerprint density at radius 3 is 2.44 bits per heavy atom. The number of nitrogens with one attached hydrogen (secondary N) is 2. The third-order valence-electron chi connectivity index (χ3n) is 10.2. The SMILES string of the molecule is C[C@H](/C=C/CCn1cc(C(CO)c2ccccc2)nn1)[C@@]1(O)C(=O)Nc2ccc(N3CN(c4ccccc4)C4(CCNCC4)C3=O)cc21. The molecular formula is C37H41N7O4. The largest absolute Gasteiger partial charge is 0.395 e. The lowest BCUT2D eigenvalue weighted by Crippen LogP contribution is -2.55. The molecule has 248 valence electrons. The smallest absolute Gasteiger partial charge is 0.261 e. The fourth-order valence-electron chi connectivity index (χ4n) is 7.37. The molecule has 4 aromatic rings. The minimum atomic E-state index is -1.80. The van der Waals surface area contributed by atoms with Gasteiger partial charge in [-0.05, 0) is 68.2 Å². The number of amides is 2. The van der Waals surface area contributed by atoms with E-state index in [4.69, 9.17) is 0 Å². The molecule has 1 unspecified atom stereocenters. The average Bonchev–Trinajstić information content (AvgIpc) is 3.77. The second kappa shape index (κ2) is 13.0. The average molecular weight is 648 g/mol. The summed E-state index contributed by atoms with van der Waals surface area (Å²) in [7, 11) is 0. The Kier molecular flexibility index (Phi) is 8.59. The van der Waals surface area contributed by atoms with Crippen molar-refractivity contribution in [3.8, 4) is 0 Å². The van der Waals surface area contributed by atoms with Crippen molar-refractivity contribution in [2.45, 2.75) is 49.8 Å². The molecule has 1 aromatic heterocycles. The summed E-state index contributed by atoms with van der Waals surface area (Å²) in [5.41, 5.74) is 1.86. The number of benzene rings is 3. The Bertz CT molecular complexity index is 1800. The Hall–Kier alpha value is -4.84. The molecule has 3 aliphatic heterocycles. The zero-order valence-corrected chi connectivity index (χ0v) is 27.0. The summed E-state index contributed by atoms with van der Waals surface area (Å²) in [5, 5.41) is 36.7. The molecular weight excluding hydrogens is 606 g/mol. The van der Waals surface area contributed by atoms with Crippen molar-refractivity contribution in [1.82, 2.24) is 20.3 Å². The first-order valence-electron chi connectivity index (χ1n) is 16.6. The predicted molar refractivity (Wildman–Crippen MR) is 183 cm³/mol. The molecule has 7 rings (SSSR count). The second-order valence-corrected chi connectivity index (χ2v) is 12.9. The number of fused-ring (bicyclic) bond motifs is 1. The minimum Gasteiger partial charge on any atom is -0.395 e. The first-order chi connectivity index (χ1) is 23.3. The quantitative estimate of drug-likeness (QED) is 0.191. The van der Waals surface area contributed by atoms with E-state index in [2.05, 4.69) is 25.8 Å². The van der Waals surface area contributed by atoms with Crippen molar-refractivity contribution < 1.29 is 19.8 Å². The van der Waals surface area contributed by atoms with Gasteiger partial charge in [0.05, 0.1) is 24.9 Å². The van der Waals surface area contributed by atoms with Crippen molar-refractivity contribution in [3.63, 3.8) is 0 Å². The first kappa shape index (κ1) is 31.7. The van der Waals surface area contributed by atoms with Gasteiger partial charge in [-0.3, -0.25) is 19.2 Å². The number of anilines is 3. The van der Waals surface area contributed by atoms with Crippen LogP contribution in [0.1, 0.15) is 48.9 Å². The van der Waals surface area contributed by atoms with E-state index in [1.165, 1.54) is 0 Å². The topological polar surface area (TPSA) is 136 Å². The number of nitrogens with zero attached hydrogens (tertiary/aromatic N) is 5. The van der Waals surface area contributed by atoms with Crippen molar-refractivity contribution in [3.05, 3.63) is 114 Å². The molecule has 0 radical (unpaired) electrons. The van der Waals surface area contributed by atoms with Gasteiger partial charge in [0.2, 0.25) is 0 Å². The minimum absolute atomic E-state index is 0.0342. The van der Waals surface area contributed by atoms with Crippen molar-refractivity contribution in [1.29, 1.82) is 0 Å². The molecule has 3 atom stereocenters. The van der Waals surface area contributed by atoms with Crippen LogP contribution in [-0.2, 0) is 21.7 Å². The van der Waals surface area contributed by atoms with Crippen LogP contribution >= 0.6 is 0 Å². The van der Waals surface area contributed by atoms with Crippen LogP contribution in [0.15, 0.2) is 97.2 Å². The standard InChI is InChI=1S/C37H41N7O4/c1-26(10-8-9-21-42-23-33(40-41-42)30(24-45)27-11-4-2-5-12-27)37(48)31-22-29(15-16-32(31)39-34(37)46)43-25-44(28-13-6-3-7-14-28)36(35(43)47)17-19-38-20-18-36/h2-8,10-16,22-23,26,30,38,45,48H,9,17-21,24-25H2,1H3,(H,39,46)/b10-8+/t26-,30?,37+/m1/s1. The van der Waals surface area contributed by atoms with Gasteiger partial charge in [0.15, 0.2) is 5.60 Å². The molecule has 11 nitrogen and oxygen atoms in total. The fraction of sp³-hybridized carbons (Fsp3) is 0.351. The van der Waals surface area contributed by atoms with Crippen LogP contribution in [0.25, 0.3) is 0 Å². The molecule has 0 bridgehead atoms. The third kappa shape index (κ3) is 5.47. The monoisotopic (exact) mass is 647 g/mol. The lowest BCUT2D eigenvalue weighted by Gasteiger charge is -2.39. The normalized spacial score (nSPS) is 21.6. The summed E-state index contributed by atoms with van der Waals surface area (Å²) in [6.45, 7) is 4.18. The van der Waals surface area contributed by atoms with E-state index in [-0.39, 0.29) is 18.4 Å². The summed E-state index contributed by atoms with van der Waals surface area (Å²) in [4.78, 5) is 31.5. The van der Waals surface area contributed by atoms with Crippen LogP contribution in [0.5, 0.6) is 0 Å². The van der Waals surface area contributed by atoms with Crippen molar-refractivity contribution in [2.24, 2.45) is 5.92 Å². The van der Waals surface area contributed by atoms with Gasteiger partial charge in [-0.2, -0.15) is 0 Å². The summed E-state index contributed by atoms with van der Waals surface area (Å²) >= 11 is 0. The number of piperidine rings is 1. The maximum Gasteiger partial charge on any atom is 0.261 e. The molecule has 11 heteroatoms. The highest BCUT2D eigenvalue weighted by atomic mass is 16.3. The van der Waals surface area contributed by atoms with E-state index in [1.54, 1.807) is 21.7 Å². The van der Waals surface area contributed by atoms with Crippen molar-refractivity contribution >= 4 is 28.9 Å². The molecule has 48 heavy (non-hydrogen) atoms. The molecule has 3 aromatic carbocycles. The highest BCUT2D eigenvalue weighted by Gasteiger charge is 2.54. The molecule has 4 N–H and O–H groups in total. The number of aromatic nitrogens is 3. The highest BCUT2D eigenvalue weighted by Crippen LogP contribution is 2.45. The summed E-state index contributed by atoms with van der Waals surface area (Å²) in [6, 6.07) is 25.2. The number of aliphatic hydroxyl groups is 2. The van der Waals surface area contributed by atoms with Gasteiger partial charge in [0, 0.05) is 41.3 Å². The molecule has 0 aliphatic carbocycles. The maximum absolute atomic E-state index is 14.2. The lowest BCUT2D eigenvalue weighted by atomic mass is 9.82. The van der Waals surface area contributed by atoms with Crippen molar-refractivity contribution in [2.75, 3.05) is 41.5 Å². The van der Waals surface area contributed by atoms with E-state index in [0.29, 0.717) is 55.1 Å². The van der Waals surface area contributed by atoms with Crippen LogP contribution in [0.2, 0.25) is 0 Å². The maximum atomic E-state index is 14.2. The summed E-state index contributed by atoms with van der Waals surface area (Å²) < 4.78 is 1.73. The van der Waals surface area contributed by atoms with Gasteiger partial charge in [0.25, 0.3) is 11.8 Å². The van der Waals surface area contributed by atoms with E-state index >= 15 is 0 Å². The van der Waals surface area contributed by atoms with Crippen LogP contribution in [0, 0.1) is 5.92 Å². The Balaban J connectivity index is 1.07. The summed E-state index contributed by atoms with van der Waals surface area (Å²) in [6.07, 6.45) is 7.61. The number of aryl methyl sites for hydroxylation is 1. The number of allylic oxidation sites excluding steroid dienone is 1. The fourth-order valence-corrected chi connectivity index (χ4v) is 7.37. The van der Waals surface area contributed by atoms with E-state index in [9.17, 15) is 19.8 Å². The van der Waals surface area contributed by atoms with Gasteiger partial charge in [-0.15, -0.1) is 5.10 Å². The number of aliphatic hydroxyl groups excluding tert-OH is 1. The highest BCUT2D eigenvalue weighted by molar-refractivity contribution is 6.08. The van der Waals surface area contributed by atoms with E-state index in [1.807, 2.05) is 92.0 Å². The molecule has 2 amide bonds. The zero-order valence-electron chi connectivity index (χ0n) is 27.0. The number of hydrogen-bond donors (Lipinski definition) is 4. The van der Waals surface area contributed by atoms with E-state index in [0.717, 1.165) is 24.3 Å². The first-order valence-corrected chi connectivity index (χ1v) is 16.6. The van der Waals surface area contributed by atoms with Crippen LogP contribution < -0.4 is 20.4 Å². The van der Waals surface area contributed by atoms with E-state index < -0.39 is 23.0 Å². The molecule has 1 spiro atoms. The number of carbonyl (C=O) groups is 2. The van der Waals surface area contributed by atoms with Gasteiger partial charge in [-0.25, -0.2) is 0 Å². The Morgan fingerprint density at radius 2 is 1.71 bits per heavy atom. The van der Waals surface area contributed by atoms with Crippen LogP contribution in [-0.4, -0.2) is 68.9 Å². The van der Waals surface area contributed by atoms with Gasteiger partial charge < -0.3 is 25.7 Å². The summed E-state index contributed by atoms with van der Waals surface area (Å²) in [5.74, 6) is -1.26. The Labute approximate surface area is 279 Å². The van der Waals surface area contributed by atoms with Crippen LogP contribution in [0.4, 0.5) is 17.1 Å². The molecule has 0 saturated carbocycles.